The minimum Gasteiger partial charge on any atom is -0.378 e. The molecule has 5 heteroatoms. The quantitative estimate of drug-likeness (QED) is 0.920. The molecule has 0 saturated carbocycles. The minimum atomic E-state index is -1.02. The Balaban J connectivity index is 1.76. The number of benzene rings is 1. The number of carbonyl (C=O) groups is 1. The Bertz CT molecular complexity index is 540. The van der Waals surface area contributed by atoms with Crippen LogP contribution < -0.4 is 9.80 Å². The summed E-state index contributed by atoms with van der Waals surface area (Å²) in [5.74, 6) is -0.264. The first kappa shape index (κ1) is 14.4. The van der Waals surface area contributed by atoms with Crippen LogP contribution in [0, 0.1) is 0 Å². The summed E-state index contributed by atoms with van der Waals surface area (Å²) in [4.78, 5) is 15.5. The second-order valence-electron chi connectivity index (χ2n) is 5.91. The maximum atomic E-state index is 11.8. The Morgan fingerprint density at radius 3 is 2.95 bits per heavy atom. The van der Waals surface area contributed by atoms with E-state index in [2.05, 4.69) is 4.90 Å². The van der Waals surface area contributed by atoms with Crippen LogP contribution in [0.5, 0.6) is 0 Å². The zero-order chi connectivity index (χ0) is 15.0. The number of hydrogen-bond acceptors (Lipinski definition) is 4. The molecule has 1 N–H and O–H groups in total. The van der Waals surface area contributed by atoms with E-state index in [0.717, 1.165) is 37.4 Å². The first-order valence-corrected chi connectivity index (χ1v) is 7.50. The Morgan fingerprint density at radius 1 is 1.43 bits per heavy atom. The van der Waals surface area contributed by atoms with Crippen LogP contribution in [0.4, 0.5) is 11.4 Å². The molecule has 0 radical (unpaired) electrons. The van der Waals surface area contributed by atoms with Crippen LogP contribution in [0.1, 0.15) is 30.9 Å². The van der Waals surface area contributed by atoms with Gasteiger partial charge in [-0.15, -0.1) is 0 Å². The van der Waals surface area contributed by atoms with Crippen LogP contribution >= 0.6 is 0 Å². The molecule has 1 aromatic carbocycles. The molecule has 0 aromatic heterocycles. The average molecular weight is 290 g/mol. The summed E-state index contributed by atoms with van der Waals surface area (Å²) in [5, 5.41) is 9.89. The van der Waals surface area contributed by atoms with Crippen molar-refractivity contribution in [2.24, 2.45) is 0 Å². The van der Waals surface area contributed by atoms with Crippen molar-refractivity contribution in [2.75, 3.05) is 37.0 Å². The highest BCUT2D eigenvalue weighted by atomic mass is 16.5. The maximum Gasteiger partial charge on any atom is 0.260 e. The smallest absolute Gasteiger partial charge is 0.260 e. The summed E-state index contributed by atoms with van der Waals surface area (Å²) < 4.78 is 5.77. The summed E-state index contributed by atoms with van der Waals surface area (Å²) in [6.45, 7) is 1.70. The fraction of sp³-hybridized carbons (Fsp3) is 0.562. The zero-order valence-electron chi connectivity index (χ0n) is 12.6. The van der Waals surface area contributed by atoms with Gasteiger partial charge in [-0.3, -0.25) is 4.79 Å². The van der Waals surface area contributed by atoms with E-state index in [9.17, 15) is 9.90 Å². The first-order chi connectivity index (χ1) is 10.1. The average Bonchev–Trinajstić information content (AvgIpc) is 2.73. The fourth-order valence-electron chi connectivity index (χ4n) is 3.09. The van der Waals surface area contributed by atoms with E-state index in [1.807, 2.05) is 25.2 Å². The molecular weight excluding hydrogens is 268 g/mol. The Kier molecular flexibility index (Phi) is 3.87. The van der Waals surface area contributed by atoms with Crippen molar-refractivity contribution in [2.45, 2.75) is 31.5 Å². The van der Waals surface area contributed by atoms with Gasteiger partial charge in [-0.25, -0.2) is 0 Å². The van der Waals surface area contributed by atoms with Crippen molar-refractivity contribution < 1.29 is 14.6 Å². The number of rotatable bonds is 3. The van der Waals surface area contributed by atoms with Crippen molar-refractivity contribution in [3.63, 3.8) is 0 Å². The highest BCUT2D eigenvalue weighted by molar-refractivity contribution is 6.03. The van der Waals surface area contributed by atoms with Crippen LogP contribution in [-0.4, -0.2) is 44.4 Å². The topological polar surface area (TPSA) is 53.0 Å². The molecule has 1 saturated heterocycles. The summed E-state index contributed by atoms with van der Waals surface area (Å²) in [7, 11) is 3.73. The van der Waals surface area contributed by atoms with E-state index in [4.69, 9.17) is 4.74 Å². The van der Waals surface area contributed by atoms with Gasteiger partial charge in [0.1, 0.15) is 0 Å². The lowest BCUT2D eigenvalue weighted by Crippen LogP contribution is -2.33. The van der Waals surface area contributed by atoms with Gasteiger partial charge in [0.05, 0.1) is 11.8 Å². The molecule has 1 fully saturated rings. The lowest BCUT2D eigenvalue weighted by atomic mass is 10.1. The predicted octanol–water partition coefficient (Wildman–Crippen LogP) is 1.70. The van der Waals surface area contributed by atoms with Crippen molar-refractivity contribution in [1.29, 1.82) is 0 Å². The molecule has 114 valence electrons. The van der Waals surface area contributed by atoms with E-state index in [1.54, 1.807) is 7.05 Å². The lowest BCUT2D eigenvalue weighted by molar-refractivity contribution is -0.125. The van der Waals surface area contributed by atoms with Gasteiger partial charge in [-0.1, -0.05) is 6.07 Å². The number of likely N-dealkylation sites (N-methyl/N-ethyl adjacent to an activating group) is 2. The Morgan fingerprint density at radius 2 is 2.24 bits per heavy atom. The standard InChI is InChI=1S/C16H22N2O3/c1-17(10-12-5-3-4-8-21-12)11-6-7-13-14(9-11)18(2)16(20)15(13)19/h6-7,9,12,15,19H,3-5,8,10H2,1-2H3. The van der Waals surface area contributed by atoms with Gasteiger partial charge < -0.3 is 19.6 Å². The van der Waals surface area contributed by atoms with E-state index < -0.39 is 6.10 Å². The van der Waals surface area contributed by atoms with Crippen LogP contribution in [-0.2, 0) is 9.53 Å². The number of fused-ring (bicyclic) bond motifs is 1. The zero-order valence-corrected chi connectivity index (χ0v) is 12.6. The third kappa shape index (κ3) is 2.63. The second-order valence-corrected chi connectivity index (χ2v) is 5.91. The van der Waals surface area contributed by atoms with E-state index in [0.29, 0.717) is 5.56 Å². The van der Waals surface area contributed by atoms with Crippen molar-refractivity contribution in [3.8, 4) is 0 Å². The minimum absolute atomic E-state index is 0.264. The second kappa shape index (κ2) is 5.66. The van der Waals surface area contributed by atoms with E-state index in [-0.39, 0.29) is 12.0 Å². The molecule has 2 aliphatic rings. The predicted molar refractivity (Wildman–Crippen MR) is 81.7 cm³/mol. The molecule has 1 amide bonds. The summed E-state index contributed by atoms with van der Waals surface area (Å²) >= 11 is 0. The van der Waals surface area contributed by atoms with Gasteiger partial charge in [0, 0.05) is 38.5 Å². The third-order valence-electron chi connectivity index (χ3n) is 4.43. The molecular formula is C16H22N2O3. The third-order valence-corrected chi connectivity index (χ3v) is 4.43. The first-order valence-electron chi connectivity index (χ1n) is 7.50. The van der Waals surface area contributed by atoms with E-state index >= 15 is 0 Å². The molecule has 2 aliphatic heterocycles. The highest BCUT2D eigenvalue weighted by Gasteiger charge is 2.33. The number of nitrogens with zero attached hydrogens (tertiary/aromatic N) is 2. The fourth-order valence-corrected chi connectivity index (χ4v) is 3.09. The molecule has 2 unspecified atom stereocenters. The summed E-state index contributed by atoms with van der Waals surface area (Å²) in [6.07, 6.45) is 2.75. The highest BCUT2D eigenvalue weighted by Crippen LogP contribution is 2.37. The molecule has 2 atom stereocenters. The van der Waals surface area contributed by atoms with Crippen LogP contribution in [0.2, 0.25) is 0 Å². The number of aliphatic hydroxyl groups is 1. The van der Waals surface area contributed by atoms with Gasteiger partial charge in [-0.05, 0) is 31.4 Å². The molecule has 0 spiro atoms. The van der Waals surface area contributed by atoms with Crippen LogP contribution in [0.15, 0.2) is 18.2 Å². The van der Waals surface area contributed by atoms with Crippen molar-refractivity contribution in [1.82, 2.24) is 0 Å². The van der Waals surface area contributed by atoms with Crippen molar-refractivity contribution >= 4 is 17.3 Å². The molecule has 0 bridgehead atoms. The van der Waals surface area contributed by atoms with Gasteiger partial charge in [0.2, 0.25) is 0 Å². The normalized spacial score (nSPS) is 25.1. The van der Waals surface area contributed by atoms with Crippen LogP contribution in [0.25, 0.3) is 0 Å². The van der Waals surface area contributed by atoms with Gasteiger partial charge in [0.25, 0.3) is 5.91 Å². The number of ether oxygens (including phenoxy) is 1. The molecule has 5 nitrogen and oxygen atoms in total. The Labute approximate surface area is 125 Å². The molecule has 1 aromatic rings. The summed E-state index contributed by atoms with van der Waals surface area (Å²) in [5.41, 5.74) is 2.52. The maximum absolute atomic E-state index is 11.8. The van der Waals surface area contributed by atoms with Gasteiger partial charge >= 0.3 is 0 Å². The largest absolute Gasteiger partial charge is 0.378 e. The monoisotopic (exact) mass is 290 g/mol. The number of aliphatic hydroxyl groups excluding tert-OH is 1. The van der Waals surface area contributed by atoms with Gasteiger partial charge in [0.15, 0.2) is 6.10 Å². The number of anilines is 2. The number of hydrogen-bond donors (Lipinski definition) is 1. The number of carbonyl (C=O) groups excluding carboxylic acids is 1. The summed E-state index contributed by atoms with van der Waals surface area (Å²) in [6, 6.07) is 5.76. The molecule has 21 heavy (non-hydrogen) atoms. The van der Waals surface area contributed by atoms with Gasteiger partial charge in [-0.2, -0.15) is 0 Å². The Hall–Kier alpha value is -1.59. The van der Waals surface area contributed by atoms with E-state index in [1.165, 1.54) is 11.3 Å². The molecule has 3 rings (SSSR count). The molecule has 0 aliphatic carbocycles. The SMILES string of the molecule is CN(CC1CCCCO1)c1ccc2c(c1)N(C)C(=O)C2O. The van der Waals surface area contributed by atoms with Crippen LogP contribution in [0.3, 0.4) is 0 Å². The lowest BCUT2D eigenvalue weighted by Gasteiger charge is -2.29. The molecule has 2 heterocycles. The van der Waals surface area contributed by atoms with Crippen molar-refractivity contribution in [3.05, 3.63) is 23.8 Å². The number of amides is 1.